The molecule has 0 amide bonds. The molecule has 0 aromatic heterocycles. The van der Waals surface area contributed by atoms with E-state index in [0.29, 0.717) is 18.1 Å². The van der Waals surface area contributed by atoms with Crippen molar-refractivity contribution in [2.75, 3.05) is 19.6 Å². The second kappa shape index (κ2) is 15.6. The number of halogens is 3. The van der Waals surface area contributed by atoms with Crippen LogP contribution in [0.3, 0.4) is 0 Å². The number of morpholine rings is 1. The molecule has 0 aliphatic carbocycles. The molecule has 12 heteroatoms. The van der Waals surface area contributed by atoms with Gasteiger partial charge in [-0.1, -0.05) is 5.92 Å². The number of ether oxygens (including phenoxy) is 1. The average Bonchev–Trinajstić information content (AvgIpc) is 2.86. The minimum Gasteiger partial charge on any atom is -0.373 e. The number of alkyl halides is 2. The van der Waals surface area contributed by atoms with Gasteiger partial charge >= 0.3 is 24.6 Å². The minimum absolute atomic E-state index is 0. The van der Waals surface area contributed by atoms with Gasteiger partial charge in [-0.25, -0.2) is 21.2 Å². The molecule has 39 heavy (non-hydrogen) atoms. The van der Waals surface area contributed by atoms with Crippen LogP contribution in [0.25, 0.3) is 0 Å². The predicted octanol–water partition coefficient (Wildman–Crippen LogP) is 2.32. The first-order valence-electron chi connectivity index (χ1n) is 12.2. The average molecular weight is 582 g/mol. The summed E-state index contributed by atoms with van der Waals surface area (Å²) in [6, 6.07) is 9.60. The predicted molar refractivity (Wildman–Crippen MR) is 140 cm³/mol. The summed E-state index contributed by atoms with van der Waals surface area (Å²) in [5, 5.41) is -1.15. The molecule has 3 rings (SSSR count). The number of rotatable bonds is 9. The van der Waals surface area contributed by atoms with Crippen LogP contribution in [-0.2, 0) is 24.4 Å². The van der Waals surface area contributed by atoms with E-state index in [2.05, 4.69) is 38.7 Å². The monoisotopic (exact) mass is 581 g/mol. The van der Waals surface area contributed by atoms with E-state index in [-0.39, 0.29) is 29.3 Å². The fourth-order valence-electron chi connectivity index (χ4n) is 4.11. The maximum Gasteiger partial charge on any atom is 1.00 e. The Bertz CT molecular complexity index is 1230. The molecule has 214 valence electrons. The molecule has 1 heterocycles. The Balaban J connectivity index is 0.000000434. The largest absolute Gasteiger partial charge is 1.00 e. The zero-order chi connectivity index (χ0) is 28.7. The van der Waals surface area contributed by atoms with E-state index in [1.165, 1.54) is 19.1 Å². The molecule has 1 fully saturated rings. The standard InChI is InChI=1S/C15H12F3O4S2.C12H23NO.Li/c1-10(11-3-2-4-12(16)9-11)23(19,20)13-5-7-14(8-6-13)24(21,22)15(17)18;1-5-12(6-2)9-13-7-10(3)14-11(4)8-13;/h2-8,10,15H,1H3;10-12H,1-2,5-9H2,3-4H3;/q-1;-2;+1/t;10-,11+;. The van der Waals surface area contributed by atoms with Gasteiger partial charge in [0, 0.05) is 18.9 Å². The van der Waals surface area contributed by atoms with E-state index in [1.807, 2.05) is 0 Å². The number of nitrogens with zero attached hydrogens (tertiary/aromatic N) is 1. The molecular weight excluding hydrogens is 546 g/mol. The van der Waals surface area contributed by atoms with E-state index in [4.69, 9.17) is 4.74 Å². The molecule has 0 bridgehead atoms. The van der Waals surface area contributed by atoms with Crippen molar-refractivity contribution < 1.29 is 53.6 Å². The van der Waals surface area contributed by atoms with Crippen LogP contribution in [0, 0.1) is 31.6 Å². The molecule has 6 nitrogen and oxygen atoms in total. The van der Waals surface area contributed by atoms with Crippen LogP contribution in [0.1, 0.15) is 44.4 Å². The molecule has 0 radical (unpaired) electrons. The number of benzene rings is 2. The first-order chi connectivity index (χ1) is 17.7. The third-order valence-corrected chi connectivity index (χ3v) is 9.74. The van der Waals surface area contributed by atoms with Crippen LogP contribution in [0.15, 0.2) is 52.3 Å². The maximum atomic E-state index is 13.2. The topological polar surface area (TPSA) is 80.8 Å². The van der Waals surface area contributed by atoms with E-state index in [9.17, 15) is 30.0 Å². The molecule has 1 saturated heterocycles. The van der Waals surface area contributed by atoms with Gasteiger partial charge in [-0.2, -0.15) is 33.8 Å². The van der Waals surface area contributed by atoms with E-state index >= 15 is 0 Å². The van der Waals surface area contributed by atoms with Gasteiger partial charge < -0.3 is 18.6 Å². The Morgan fingerprint density at radius 1 is 0.949 bits per heavy atom. The zero-order valence-corrected chi connectivity index (χ0v) is 24.4. The van der Waals surface area contributed by atoms with Crippen LogP contribution < -0.4 is 18.9 Å². The van der Waals surface area contributed by atoms with Crippen LogP contribution >= 0.6 is 0 Å². The molecule has 0 saturated carbocycles. The summed E-state index contributed by atoms with van der Waals surface area (Å²) in [5.41, 5.74) is 0.0966. The molecule has 3 atom stereocenters. The van der Waals surface area contributed by atoms with Crippen molar-refractivity contribution in [1.82, 2.24) is 4.90 Å². The zero-order valence-electron chi connectivity index (χ0n) is 22.8. The Kier molecular flexibility index (Phi) is 14.3. The Morgan fingerprint density at radius 2 is 1.44 bits per heavy atom. The fraction of sp³-hybridized carbons (Fsp3) is 0.481. The summed E-state index contributed by atoms with van der Waals surface area (Å²) >= 11 is 0. The van der Waals surface area contributed by atoms with Crippen LogP contribution in [0.2, 0.25) is 0 Å². The summed E-state index contributed by atoms with van der Waals surface area (Å²) in [5.74, 6) is -3.67. The van der Waals surface area contributed by atoms with Crippen molar-refractivity contribution in [3.63, 3.8) is 0 Å². The molecule has 2 aromatic carbocycles. The van der Waals surface area contributed by atoms with Gasteiger partial charge in [0.25, 0.3) is 0 Å². The van der Waals surface area contributed by atoms with Crippen LogP contribution in [0.5, 0.6) is 0 Å². The van der Waals surface area contributed by atoms with E-state index < -0.39 is 41.4 Å². The summed E-state index contributed by atoms with van der Waals surface area (Å²) in [4.78, 5) is 1.54. The van der Waals surface area contributed by atoms with Crippen LogP contribution in [-0.4, -0.2) is 59.3 Å². The first-order valence-corrected chi connectivity index (χ1v) is 15.3. The smallest absolute Gasteiger partial charge is 0.373 e. The van der Waals surface area contributed by atoms with E-state index in [0.717, 1.165) is 62.8 Å². The maximum absolute atomic E-state index is 13.2. The third-order valence-electron chi connectivity index (χ3n) is 6.23. The SMILES string of the molecule is CC(c1[c-]c(F)ccc1)S(=O)(=O)c1ccc(S(=O)(=O)C(F)F)cc1.[CH2-]CC(C[CH2-])CN1C[C@@H](C)O[C@@H](C)C1.[Li+]. The molecule has 1 unspecified atom stereocenters. The Hall–Kier alpha value is -1.35. The van der Waals surface area contributed by atoms with Crippen LogP contribution in [0.4, 0.5) is 13.2 Å². The Morgan fingerprint density at radius 3 is 1.87 bits per heavy atom. The Labute approximate surface area is 243 Å². The van der Waals surface area contributed by atoms with Crippen molar-refractivity contribution in [1.29, 1.82) is 0 Å². The molecule has 1 aliphatic heterocycles. The normalized spacial score (nSPS) is 19.2. The first kappa shape index (κ1) is 35.7. The second-order valence-electron chi connectivity index (χ2n) is 9.34. The molecule has 0 N–H and O–H groups in total. The van der Waals surface area contributed by atoms with Gasteiger partial charge in [-0.15, -0.1) is 17.7 Å². The summed E-state index contributed by atoms with van der Waals surface area (Å²) in [7, 11) is -8.77. The summed E-state index contributed by atoms with van der Waals surface area (Å²) in [6.45, 7) is 16.8. The summed E-state index contributed by atoms with van der Waals surface area (Å²) in [6.07, 6.45) is 2.72. The van der Waals surface area contributed by atoms with Gasteiger partial charge in [-0.05, 0) is 51.6 Å². The van der Waals surface area contributed by atoms with Gasteiger partial charge in [-0.3, -0.25) is 4.90 Å². The number of sulfone groups is 2. The number of hydrogen-bond acceptors (Lipinski definition) is 6. The molecular formula is C27H35F3LiNO5S2-2. The molecule has 1 aliphatic rings. The van der Waals surface area contributed by atoms with Crippen molar-refractivity contribution >= 4 is 19.7 Å². The summed E-state index contributed by atoms with van der Waals surface area (Å²) < 4.78 is 91.5. The second-order valence-corrected chi connectivity index (χ2v) is 13.5. The molecule has 0 spiro atoms. The minimum atomic E-state index is -4.80. The van der Waals surface area contributed by atoms with E-state index in [1.54, 1.807) is 0 Å². The fourth-order valence-corrected chi connectivity index (χ4v) is 6.23. The van der Waals surface area contributed by atoms with Crippen molar-refractivity contribution in [3.05, 3.63) is 73.8 Å². The third kappa shape index (κ3) is 9.90. The van der Waals surface area contributed by atoms with Gasteiger partial charge in [0.05, 0.1) is 27.2 Å². The van der Waals surface area contributed by atoms with Gasteiger partial charge in [0.15, 0.2) is 9.84 Å². The number of hydrogen-bond donors (Lipinski definition) is 0. The quantitative estimate of drug-likeness (QED) is 0.334. The van der Waals surface area contributed by atoms with Crippen molar-refractivity contribution in [3.8, 4) is 0 Å². The van der Waals surface area contributed by atoms with Crippen molar-refractivity contribution in [2.24, 2.45) is 5.92 Å². The van der Waals surface area contributed by atoms with Gasteiger partial charge in [0.1, 0.15) is 0 Å². The van der Waals surface area contributed by atoms with Gasteiger partial charge in [0.2, 0.25) is 9.84 Å². The molecule has 2 aromatic rings. The van der Waals surface area contributed by atoms with Crippen molar-refractivity contribution in [2.45, 2.75) is 66.6 Å².